The standard InChI is InChI=1S/C20H15N3O5S/c1-28-14-10-12(2-3-13(14)24)16-15(17(25)11-4-6-21-7-5-11)18(26)19(27)23(16)20-22-8-9-29-20/h2-10,16,24-25H,1H3/b17-15+. The van der Waals surface area contributed by atoms with Crippen molar-refractivity contribution in [2.45, 2.75) is 6.04 Å². The number of carbonyl (C=O) groups is 2. The lowest BCUT2D eigenvalue weighted by atomic mass is 9.95. The van der Waals surface area contributed by atoms with Crippen LogP contribution in [0.25, 0.3) is 5.76 Å². The summed E-state index contributed by atoms with van der Waals surface area (Å²) in [4.78, 5) is 35.1. The predicted octanol–water partition coefficient (Wildman–Crippen LogP) is 2.88. The fourth-order valence-electron chi connectivity index (χ4n) is 3.21. The van der Waals surface area contributed by atoms with Crippen LogP contribution in [0.15, 0.2) is 59.9 Å². The molecule has 146 valence electrons. The quantitative estimate of drug-likeness (QED) is 0.387. The van der Waals surface area contributed by atoms with E-state index >= 15 is 0 Å². The van der Waals surface area contributed by atoms with Gasteiger partial charge in [0.2, 0.25) is 0 Å². The van der Waals surface area contributed by atoms with Crippen LogP contribution in [0.4, 0.5) is 5.13 Å². The Balaban J connectivity index is 1.96. The number of benzene rings is 1. The molecule has 0 saturated carbocycles. The Labute approximate surface area is 169 Å². The van der Waals surface area contributed by atoms with Crippen LogP contribution in [0.3, 0.4) is 0 Å². The van der Waals surface area contributed by atoms with Crippen molar-refractivity contribution in [3.8, 4) is 11.5 Å². The minimum Gasteiger partial charge on any atom is -0.507 e. The van der Waals surface area contributed by atoms with E-state index < -0.39 is 17.7 Å². The fourth-order valence-corrected chi connectivity index (χ4v) is 3.88. The highest BCUT2D eigenvalue weighted by Gasteiger charge is 2.48. The van der Waals surface area contributed by atoms with Gasteiger partial charge < -0.3 is 14.9 Å². The fraction of sp³-hybridized carbons (Fsp3) is 0.100. The van der Waals surface area contributed by atoms with Crippen LogP contribution in [-0.4, -0.2) is 39.0 Å². The molecule has 1 amide bonds. The van der Waals surface area contributed by atoms with Crippen molar-refractivity contribution in [3.05, 3.63) is 71.0 Å². The van der Waals surface area contributed by atoms with Crippen LogP contribution >= 0.6 is 11.3 Å². The van der Waals surface area contributed by atoms with Crippen LogP contribution in [0.5, 0.6) is 11.5 Å². The van der Waals surface area contributed by atoms with Gasteiger partial charge in [0, 0.05) is 29.5 Å². The molecule has 1 saturated heterocycles. The Kier molecular flexibility index (Phi) is 4.73. The third-order valence-corrected chi connectivity index (χ3v) is 5.31. The minimum atomic E-state index is -0.941. The average molecular weight is 409 g/mol. The molecule has 0 radical (unpaired) electrons. The van der Waals surface area contributed by atoms with Crippen LogP contribution in [0, 0.1) is 0 Å². The molecule has 3 heterocycles. The molecule has 0 spiro atoms. The Bertz CT molecular complexity index is 1110. The van der Waals surface area contributed by atoms with Gasteiger partial charge in [0.05, 0.1) is 18.7 Å². The van der Waals surface area contributed by atoms with Crippen molar-refractivity contribution >= 4 is 33.9 Å². The Morgan fingerprint density at radius 1 is 1.17 bits per heavy atom. The molecule has 0 aliphatic carbocycles. The summed E-state index contributed by atoms with van der Waals surface area (Å²) in [7, 11) is 1.40. The van der Waals surface area contributed by atoms with E-state index in [1.165, 1.54) is 54.1 Å². The molecule has 1 atom stereocenters. The zero-order valence-electron chi connectivity index (χ0n) is 15.1. The van der Waals surface area contributed by atoms with Crippen LogP contribution in [0.1, 0.15) is 17.2 Å². The number of aliphatic hydroxyl groups is 1. The summed E-state index contributed by atoms with van der Waals surface area (Å²) in [5.74, 6) is -1.85. The number of Topliss-reactive ketones (excluding diaryl/α,β-unsaturated/α-hetero) is 1. The number of carbonyl (C=O) groups excluding carboxylic acids is 2. The Morgan fingerprint density at radius 2 is 1.93 bits per heavy atom. The number of aliphatic hydroxyl groups excluding tert-OH is 1. The van der Waals surface area contributed by atoms with Gasteiger partial charge in [-0.05, 0) is 29.8 Å². The molecule has 29 heavy (non-hydrogen) atoms. The molecule has 2 aromatic heterocycles. The molecular formula is C20H15N3O5S. The van der Waals surface area contributed by atoms with Gasteiger partial charge in [0.25, 0.3) is 5.78 Å². The van der Waals surface area contributed by atoms with Crippen molar-refractivity contribution in [2.24, 2.45) is 0 Å². The van der Waals surface area contributed by atoms with Gasteiger partial charge in [0.1, 0.15) is 5.76 Å². The maximum absolute atomic E-state index is 12.9. The van der Waals surface area contributed by atoms with E-state index in [4.69, 9.17) is 4.74 Å². The van der Waals surface area contributed by atoms with Gasteiger partial charge in [0.15, 0.2) is 16.6 Å². The summed E-state index contributed by atoms with van der Waals surface area (Å²) in [5.41, 5.74) is 0.752. The normalized spacial score (nSPS) is 18.2. The van der Waals surface area contributed by atoms with Crippen molar-refractivity contribution in [1.82, 2.24) is 9.97 Å². The number of amides is 1. The highest BCUT2D eigenvalue weighted by atomic mass is 32.1. The van der Waals surface area contributed by atoms with Gasteiger partial charge in [-0.15, -0.1) is 11.3 Å². The third-order valence-electron chi connectivity index (χ3n) is 4.54. The summed E-state index contributed by atoms with van der Waals surface area (Å²) in [6.45, 7) is 0. The van der Waals surface area contributed by atoms with Gasteiger partial charge in [-0.1, -0.05) is 6.07 Å². The van der Waals surface area contributed by atoms with Gasteiger partial charge in [-0.3, -0.25) is 19.5 Å². The number of pyridine rings is 1. The number of hydrogen-bond donors (Lipinski definition) is 2. The van der Waals surface area contributed by atoms with Crippen molar-refractivity contribution in [2.75, 3.05) is 12.0 Å². The minimum absolute atomic E-state index is 0.0795. The number of anilines is 1. The molecular weight excluding hydrogens is 394 g/mol. The molecule has 1 aliphatic rings. The van der Waals surface area contributed by atoms with E-state index in [1.54, 1.807) is 23.6 Å². The summed E-state index contributed by atoms with van der Waals surface area (Å²) < 4.78 is 5.17. The summed E-state index contributed by atoms with van der Waals surface area (Å²) in [6.07, 6.45) is 4.48. The zero-order chi connectivity index (χ0) is 20.5. The summed E-state index contributed by atoms with van der Waals surface area (Å²) in [6, 6.07) is 6.63. The molecule has 0 bridgehead atoms. The maximum atomic E-state index is 12.9. The number of nitrogens with zero attached hydrogens (tertiary/aromatic N) is 3. The first-order chi connectivity index (χ1) is 14.0. The Hall–Kier alpha value is -3.72. The molecule has 2 N–H and O–H groups in total. The van der Waals surface area contributed by atoms with Crippen LogP contribution < -0.4 is 9.64 Å². The molecule has 1 aliphatic heterocycles. The molecule has 9 heteroatoms. The summed E-state index contributed by atoms with van der Waals surface area (Å²) in [5, 5.41) is 22.8. The lowest BCUT2D eigenvalue weighted by molar-refractivity contribution is -0.132. The van der Waals surface area contributed by atoms with Crippen molar-refractivity contribution < 1.29 is 24.5 Å². The summed E-state index contributed by atoms with van der Waals surface area (Å²) >= 11 is 1.19. The number of aromatic hydroxyl groups is 1. The topological polar surface area (TPSA) is 113 Å². The number of aromatic nitrogens is 2. The molecule has 3 aromatic rings. The van der Waals surface area contributed by atoms with E-state index in [1.807, 2.05) is 0 Å². The number of phenolic OH excluding ortho intramolecular Hbond substituents is 1. The highest BCUT2D eigenvalue weighted by molar-refractivity contribution is 7.14. The van der Waals surface area contributed by atoms with Gasteiger partial charge >= 0.3 is 5.91 Å². The monoisotopic (exact) mass is 409 g/mol. The average Bonchev–Trinajstić information content (AvgIpc) is 3.36. The predicted molar refractivity (Wildman–Crippen MR) is 106 cm³/mol. The first-order valence-corrected chi connectivity index (χ1v) is 9.38. The lowest BCUT2D eigenvalue weighted by Gasteiger charge is -2.23. The smallest absolute Gasteiger partial charge is 0.301 e. The SMILES string of the molecule is COc1cc(C2/C(=C(\O)c3ccncc3)C(=O)C(=O)N2c2nccs2)ccc1O. The second kappa shape index (κ2) is 7.36. The molecule has 1 fully saturated rings. The van der Waals surface area contributed by atoms with E-state index in [0.29, 0.717) is 16.3 Å². The molecule has 8 nitrogen and oxygen atoms in total. The van der Waals surface area contributed by atoms with E-state index in [9.17, 15) is 19.8 Å². The van der Waals surface area contributed by atoms with Crippen molar-refractivity contribution in [3.63, 3.8) is 0 Å². The zero-order valence-corrected chi connectivity index (χ0v) is 16.0. The largest absolute Gasteiger partial charge is 0.507 e. The first kappa shape index (κ1) is 18.6. The van der Waals surface area contributed by atoms with E-state index in [-0.39, 0.29) is 22.8 Å². The van der Waals surface area contributed by atoms with Crippen molar-refractivity contribution in [1.29, 1.82) is 0 Å². The number of phenols is 1. The van der Waals surface area contributed by atoms with Crippen LogP contribution in [-0.2, 0) is 9.59 Å². The first-order valence-electron chi connectivity index (χ1n) is 8.50. The number of rotatable bonds is 4. The number of thiazole rings is 1. The molecule has 4 rings (SSSR count). The third kappa shape index (κ3) is 3.11. The van der Waals surface area contributed by atoms with Crippen LogP contribution in [0.2, 0.25) is 0 Å². The maximum Gasteiger partial charge on any atom is 0.301 e. The number of ketones is 1. The van der Waals surface area contributed by atoms with Gasteiger partial charge in [-0.2, -0.15) is 0 Å². The lowest BCUT2D eigenvalue weighted by Crippen LogP contribution is -2.29. The van der Waals surface area contributed by atoms with E-state index in [2.05, 4.69) is 9.97 Å². The second-order valence-corrected chi connectivity index (χ2v) is 7.02. The molecule has 1 unspecified atom stereocenters. The number of hydrogen-bond acceptors (Lipinski definition) is 8. The van der Waals surface area contributed by atoms with E-state index in [0.717, 1.165) is 0 Å². The number of methoxy groups -OCH3 is 1. The number of ether oxygens (including phenoxy) is 1. The second-order valence-electron chi connectivity index (χ2n) is 6.15. The molecule has 1 aromatic carbocycles. The highest BCUT2D eigenvalue weighted by Crippen LogP contribution is 2.44. The van der Waals surface area contributed by atoms with Gasteiger partial charge in [-0.25, -0.2) is 4.98 Å². The Morgan fingerprint density at radius 3 is 2.59 bits per heavy atom.